The van der Waals surface area contributed by atoms with Gasteiger partial charge in [-0.2, -0.15) is 0 Å². The van der Waals surface area contributed by atoms with E-state index in [4.69, 9.17) is 16.1 Å². The number of carbonyl (C=O) groups is 1. The molecule has 9 heteroatoms. The molecule has 162 valence electrons. The minimum Gasteiger partial charge on any atom is -0.354 e. The second kappa shape index (κ2) is 9.91. The molecule has 31 heavy (non-hydrogen) atoms. The standard InChI is InChI=1S/C22H22ClN3O4S/c1-15-22(25-16(2)27)21(30-26-15)12-7-17-5-10-20(11-6-17)31(28,29)24-14-13-18-3-8-19(23)9-4-18/h3-12,24H,13-14H2,1-2H3,(H,25,27)/b12-7-. The van der Waals surface area contributed by atoms with Crippen LogP contribution < -0.4 is 10.0 Å². The highest BCUT2D eigenvalue weighted by atomic mass is 35.5. The average molecular weight is 460 g/mol. The monoisotopic (exact) mass is 459 g/mol. The second-order valence-electron chi connectivity index (χ2n) is 6.87. The number of carbonyl (C=O) groups excluding carboxylic acids is 1. The van der Waals surface area contributed by atoms with E-state index >= 15 is 0 Å². The SMILES string of the molecule is CC(=O)Nc1c(C)noc1/C=C\c1ccc(S(=O)(=O)NCCc2ccc(Cl)cc2)cc1. The Hall–Kier alpha value is -2.94. The van der Waals surface area contributed by atoms with Crippen LogP contribution in [0, 0.1) is 6.92 Å². The lowest BCUT2D eigenvalue weighted by atomic mass is 10.2. The molecule has 0 atom stereocenters. The number of aromatic nitrogens is 1. The molecule has 2 aromatic carbocycles. The van der Waals surface area contributed by atoms with E-state index in [9.17, 15) is 13.2 Å². The summed E-state index contributed by atoms with van der Waals surface area (Å²) in [4.78, 5) is 11.5. The lowest BCUT2D eigenvalue weighted by Gasteiger charge is -2.07. The van der Waals surface area contributed by atoms with E-state index in [1.807, 2.05) is 12.1 Å². The van der Waals surface area contributed by atoms with Crippen molar-refractivity contribution in [3.05, 3.63) is 76.1 Å². The molecule has 0 saturated heterocycles. The van der Waals surface area contributed by atoms with E-state index in [0.29, 0.717) is 28.6 Å². The van der Waals surface area contributed by atoms with Crippen LogP contribution in [0.3, 0.4) is 0 Å². The fourth-order valence-corrected chi connectivity index (χ4v) is 3.98. The maximum atomic E-state index is 12.5. The van der Waals surface area contributed by atoms with Gasteiger partial charge >= 0.3 is 0 Å². The number of aryl methyl sites for hydroxylation is 1. The Morgan fingerprint density at radius 1 is 1.10 bits per heavy atom. The van der Waals surface area contributed by atoms with Crippen molar-refractivity contribution in [2.24, 2.45) is 0 Å². The van der Waals surface area contributed by atoms with Crippen LogP contribution in [0.4, 0.5) is 5.69 Å². The molecular weight excluding hydrogens is 438 g/mol. The first-order chi connectivity index (χ1) is 14.7. The smallest absolute Gasteiger partial charge is 0.240 e. The molecule has 0 spiro atoms. The number of anilines is 1. The Morgan fingerprint density at radius 2 is 1.77 bits per heavy atom. The number of hydrogen-bond donors (Lipinski definition) is 2. The Morgan fingerprint density at radius 3 is 2.42 bits per heavy atom. The number of nitrogens with zero attached hydrogens (tertiary/aromatic N) is 1. The summed E-state index contributed by atoms with van der Waals surface area (Å²) in [5.41, 5.74) is 2.84. The maximum absolute atomic E-state index is 12.5. The van der Waals surface area contributed by atoms with E-state index in [1.165, 1.54) is 19.1 Å². The van der Waals surface area contributed by atoms with Gasteiger partial charge in [-0.15, -0.1) is 0 Å². The fourth-order valence-electron chi connectivity index (χ4n) is 2.82. The Kier molecular flexibility index (Phi) is 7.27. The van der Waals surface area contributed by atoms with Gasteiger partial charge in [0.15, 0.2) is 5.76 Å². The normalized spacial score (nSPS) is 11.7. The first-order valence-corrected chi connectivity index (χ1v) is 11.4. The van der Waals surface area contributed by atoms with E-state index < -0.39 is 10.0 Å². The van der Waals surface area contributed by atoms with Gasteiger partial charge in [-0.1, -0.05) is 47.1 Å². The van der Waals surface area contributed by atoms with Crippen LogP contribution in [-0.4, -0.2) is 26.0 Å². The highest BCUT2D eigenvalue weighted by Gasteiger charge is 2.14. The van der Waals surface area contributed by atoms with Crippen molar-refractivity contribution < 1.29 is 17.7 Å². The summed E-state index contributed by atoms with van der Waals surface area (Å²) in [5.74, 6) is 0.187. The molecule has 3 rings (SSSR count). The predicted octanol–water partition coefficient (Wildman–Crippen LogP) is 4.29. The number of nitrogens with one attached hydrogen (secondary N) is 2. The summed E-state index contributed by atoms with van der Waals surface area (Å²) in [5, 5.41) is 7.17. The predicted molar refractivity (Wildman–Crippen MR) is 121 cm³/mol. The molecule has 0 aliphatic heterocycles. The van der Waals surface area contributed by atoms with Crippen LogP contribution in [0.2, 0.25) is 5.02 Å². The molecule has 0 bridgehead atoms. The first kappa shape index (κ1) is 22.7. The molecule has 2 N–H and O–H groups in total. The minimum atomic E-state index is -3.62. The van der Waals surface area contributed by atoms with Crippen molar-refractivity contribution >= 4 is 45.4 Å². The Labute approximate surface area is 186 Å². The van der Waals surface area contributed by atoms with Crippen molar-refractivity contribution in [3.63, 3.8) is 0 Å². The van der Waals surface area contributed by atoms with Gasteiger partial charge < -0.3 is 9.84 Å². The van der Waals surface area contributed by atoms with Crippen molar-refractivity contribution in [3.8, 4) is 0 Å². The van der Waals surface area contributed by atoms with Gasteiger partial charge in [0.2, 0.25) is 15.9 Å². The molecule has 3 aromatic rings. The zero-order chi connectivity index (χ0) is 22.4. The third-order valence-electron chi connectivity index (χ3n) is 4.43. The Balaban J connectivity index is 1.63. The highest BCUT2D eigenvalue weighted by Crippen LogP contribution is 2.22. The second-order valence-corrected chi connectivity index (χ2v) is 9.07. The van der Waals surface area contributed by atoms with E-state index in [1.54, 1.807) is 43.3 Å². The quantitative estimate of drug-likeness (QED) is 0.523. The molecule has 1 aromatic heterocycles. The first-order valence-electron chi connectivity index (χ1n) is 9.51. The van der Waals surface area contributed by atoms with E-state index in [0.717, 1.165) is 11.1 Å². The van der Waals surface area contributed by atoms with Gasteiger partial charge in [-0.25, -0.2) is 13.1 Å². The number of amides is 1. The number of sulfonamides is 1. The largest absolute Gasteiger partial charge is 0.354 e. The molecule has 0 aliphatic rings. The zero-order valence-corrected chi connectivity index (χ0v) is 18.6. The maximum Gasteiger partial charge on any atom is 0.240 e. The van der Waals surface area contributed by atoms with Gasteiger partial charge in [0.05, 0.1) is 4.90 Å². The van der Waals surface area contributed by atoms with Crippen molar-refractivity contribution in [1.82, 2.24) is 9.88 Å². The minimum absolute atomic E-state index is 0.176. The lowest BCUT2D eigenvalue weighted by Crippen LogP contribution is -2.25. The zero-order valence-electron chi connectivity index (χ0n) is 17.1. The van der Waals surface area contributed by atoms with Crippen LogP contribution in [0.15, 0.2) is 57.9 Å². The molecule has 1 amide bonds. The fraction of sp³-hybridized carbons (Fsp3) is 0.182. The molecule has 0 aliphatic carbocycles. The van der Waals surface area contributed by atoms with Crippen LogP contribution in [0.1, 0.15) is 29.5 Å². The van der Waals surface area contributed by atoms with Gasteiger partial charge in [0, 0.05) is 18.5 Å². The molecule has 0 fully saturated rings. The van der Waals surface area contributed by atoms with Crippen LogP contribution >= 0.6 is 11.6 Å². The van der Waals surface area contributed by atoms with Crippen molar-refractivity contribution in [2.45, 2.75) is 25.2 Å². The molecule has 0 saturated carbocycles. The Bertz CT molecular complexity index is 1180. The summed E-state index contributed by atoms with van der Waals surface area (Å²) in [6.07, 6.45) is 3.97. The highest BCUT2D eigenvalue weighted by molar-refractivity contribution is 7.89. The van der Waals surface area contributed by atoms with Crippen molar-refractivity contribution in [2.75, 3.05) is 11.9 Å². The number of rotatable bonds is 8. The topological polar surface area (TPSA) is 101 Å². The lowest BCUT2D eigenvalue weighted by molar-refractivity contribution is -0.114. The third-order valence-corrected chi connectivity index (χ3v) is 6.16. The van der Waals surface area contributed by atoms with Gasteiger partial charge in [-0.05, 0) is 54.8 Å². The summed E-state index contributed by atoms with van der Waals surface area (Å²) < 4.78 is 32.8. The van der Waals surface area contributed by atoms with E-state index in [-0.39, 0.29) is 17.3 Å². The van der Waals surface area contributed by atoms with Crippen LogP contribution in [-0.2, 0) is 21.2 Å². The summed E-state index contributed by atoms with van der Waals surface area (Å²) in [7, 11) is -3.62. The van der Waals surface area contributed by atoms with Crippen LogP contribution in [0.25, 0.3) is 12.2 Å². The van der Waals surface area contributed by atoms with Gasteiger partial charge in [0.1, 0.15) is 11.4 Å². The van der Waals surface area contributed by atoms with Gasteiger partial charge in [0.25, 0.3) is 0 Å². The van der Waals surface area contributed by atoms with Crippen molar-refractivity contribution in [1.29, 1.82) is 0 Å². The molecular formula is C22H22ClN3O4S. The summed E-state index contributed by atoms with van der Waals surface area (Å²) >= 11 is 5.86. The average Bonchev–Trinajstić information content (AvgIpc) is 3.07. The number of benzene rings is 2. The molecule has 0 radical (unpaired) electrons. The summed E-state index contributed by atoms with van der Waals surface area (Å²) in [6, 6.07) is 13.7. The molecule has 1 heterocycles. The van der Waals surface area contributed by atoms with Gasteiger partial charge in [-0.3, -0.25) is 4.79 Å². The molecule has 7 nitrogen and oxygen atoms in total. The number of halogens is 1. The summed E-state index contributed by atoms with van der Waals surface area (Å²) in [6.45, 7) is 3.41. The van der Waals surface area contributed by atoms with E-state index in [2.05, 4.69) is 15.2 Å². The third kappa shape index (κ3) is 6.27. The number of hydrogen-bond acceptors (Lipinski definition) is 5. The van der Waals surface area contributed by atoms with Crippen LogP contribution in [0.5, 0.6) is 0 Å². The molecule has 0 unspecified atom stereocenters.